The van der Waals surface area contributed by atoms with Crippen LogP contribution in [0.2, 0.25) is 0 Å². The lowest BCUT2D eigenvalue weighted by atomic mass is 9.84. The van der Waals surface area contributed by atoms with E-state index in [1.54, 1.807) is 0 Å². The lowest BCUT2D eigenvalue weighted by Gasteiger charge is -2.27. The Labute approximate surface area is 86.2 Å². The minimum absolute atomic E-state index is 0.0274. The summed E-state index contributed by atoms with van der Waals surface area (Å²) in [6.07, 6.45) is 5.32. The Morgan fingerprint density at radius 3 is 2.50 bits per heavy atom. The van der Waals surface area contributed by atoms with E-state index in [1.165, 1.54) is 12.8 Å². The van der Waals surface area contributed by atoms with Gasteiger partial charge >= 0.3 is 5.97 Å². The largest absolute Gasteiger partial charge is 0.466 e. The summed E-state index contributed by atoms with van der Waals surface area (Å²) in [6.45, 7) is 2.36. The Hall–Kier alpha value is -0.570. The van der Waals surface area contributed by atoms with Gasteiger partial charge in [-0.25, -0.2) is 0 Å². The maximum absolute atomic E-state index is 11.2. The molecule has 1 aliphatic carbocycles. The lowest BCUT2D eigenvalue weighted by Crippen LogP contribution is -2.30. The van der Waals surface area contributed by atoms with Gasteiger partial charge in [-0.2, -0.15) is 0 Å². The average molecular weight is 199 g/mol. The summed E-state index contributed by atoms with van der Waals surface area (Å²) in [5.41, 5.74) is 0. The topological polar surface area (TPSA) is 38.3 Å². The molecule has 0 aromatic carbocycles. The van der Waals surface area contributed by atoms with E-state index in [4.69, 9.17) is 4.74 Å². The molecule has 0 radical (unpaired) electrons. The van der Waals surface area contributed by atoms with Gasteiger partial charge in [-0.15, -0.1) is 0 Å². The first-order chi connectivity index (χ1) is 6.76. The SMILES string of the molecule is CCOC(=O)CC1CCC(NC)CC1. The second-order valence-electron chi connectivity index (χ2n) is 4.02. The highest BCUT2D eigenvalue weighted by Gasteiger charge is 2.22. The molecule has 0 saturated heterocycles. The number of carbonyl (C=O) groups is 1. The highest BCUT2D eigenvalue weighted by Crippen LogP contribution is 2.26. The molecule has 82 valence electrons. The third kappa shape index (κ3) is 3.66. The van der Waals surface area contributed by atoms with Gasteiger partial charge in [0.1, 0.15) is 0 Å². The minimum atomic E-state index is -0.0274. The number of esters is 1. The number of hydrogen-bond donors (Lipinski definition) is 1. The van der Waals surface area contributed by atoms with Gasteiger partial charge in [0, 0.05) is 12.5 Å². The van der Waals surface area contributed by atoms with Gasteiger partial charge in [0.25, 0.3) is 0 Å². The zero-order chi connectivity index (χ0) is 10.4. The molecule has 1 fully saturated rings. The van der Waals surface area contributed by atoms with Crippen molar-refractivity contribution in [2.45, 2.75) is 45.1 Å². The first kappa shape index (κ1) is 11.5. The zero-order valence-corrected chi connectivity index (χ0v) is 9.21. The molecule has 14 heavy (non-hydrogen) atoms. The van der Waals surface area contributed by atoms with Crippen LogP contribution in [0.4, 0.5) is 0 Å². The first-order valence-electron chi connectivity index (χ1n) is 5.59. The fraction of sp³-hybridized carbons (Fsp3) is 0.909. The van der Waals surface area contributed by atoms with Gasteiger partial charge in [-0.1, -0.05) is 0 Å². The average Bonchev–Trinajstić information content (AvgIpc) is 2.19. The van der Waals surface area contributed by atoms with Crippen molar-refractivity contribution >= 4 is 5.97 Å². The van der Waals surface area contributed by atoms with Gasteiger partial charge in [-0.05, 0) is 45.6 Å². The van der Waals surface area contributed by atoms with E-state index in [0.29, 0.717) is 25.0 Å². The van der Waals surface area contributed by atoms with Crippen molar-refractivity contribution in [3.05, 3.63) is 0 Å². The van der Waals surface area contributed by atoms with E-state index in [2.05, 4.69) is 5.32 Å². The molecular weight excluding hydrogens is 178 g/mol. The van der Waals surface area contributed by atoms with Crippen LogP contribution < -0.4 is 5.32 Å². The Morgan fingerprint density at radius 2 is 2.00 bits per heavy atom. The normalized spacial score (nSPS) is 27.3. The fourth-order valence-corrected chi connectivity index (χ4v) is 2.11. The second-order valence-corrected chi connectivity index (χ2v) is 4.02. The van der Waals surface area contributed by atoms with Gasteiger partial charge < -0.3 is 10.1 Å². The molecule has 3 heteroatoms. The van der Waals surface area contributed by atoms with Crippen molar-refractivity contribution in [2.75, 3.05) is 13.7 Å². The smallest absolute Gasteiger partial charge is 0.306 e. The molecule has 0 aromatic rings. The highest BCUT2D eigenvalue weighted by molar-refractivity contribution is 5.69. The van der Waals surface area contributed by atoms with Crippen LogP contribution in [0.5, 0.6) is 0 Å². The lowest BCUT2D eigenvalue weighted by molar-refractivity contribution is -0.144. The van der Waals surface area contributed by atoms with E-state index >= 15 is 0 Å². The standard InChI is InChI=1S/C11H21NO2/c1-3-14-11(13)8-9-4-6-10(12-2)7-5-9/h9-10,12H,3-8H2,1-2H3. The third-order valence-corrected chi connectivity index (χ3v) is 3.02. The number of carbonyl (C=O) groups excluding carboxylic acids is 1. The van der Waals surface area contributed by atoms with Gasteiger partial charge in [-0.3, -0.25) is 4.79 Å². The molecule has 0 aromatic heterocycles. The molecule has 0 amide bonds. The maximum Gasteiger partial charge on any atom is 0.306 e. The summed E-state index contributed by atoms with van der Waals surface area (Å²) >= 11 is 0. The maximum atomic E-state index is 11.2. The van der Waals surface area contributed by atoms with Crippen LogP contribution in [0, 0.1) is 5.92 Å². The Kier molecular flexibility index (Phi) is 4.94. The van der Waals surface area contributed by atoms with E-state index in [1.807, 2.05) is 14.0 Å². The van der Waals surface area contributed by atoms with E-state index in [-0.39, 0.29) is 5.97 Å². The van der Waals surface area contributed by atoms with Gasteiger partial charge in [0.05, 0.1) is 6.61 Å². The molecule has 1 rings (SSSR count). The van der Waals surface area contributed by atoms with Gasteiger partial charge in [0.15, 0.2) is 0 Å². The van der Waals surface area contributed by atoms with Crippen molar-refractivity contribution in [1.82, 2.24) is 5.32 Å². The predicted molar refractivity (Wildman–Crippen MR) is 56.1 cm³/mol. The summed E-state index contributed by atoms with van der Waals surface area (Å²) < 4.78 is 4.94. The number of rotatable bonds is 4. The molecule has 0 spiro atoms. The molecule has 0 unspecified atom stereocenters. The zero-order valence-electron chi connectivity index (χ0n) is 9.21. The quantitative estimate of drug-likeness (QED) is 0.701. The number of ether oxygens (including phenoxy) is 1. The van der Waals surface area contributed by atoms with Crippen LogP contribution in [0.3, 0.4) is 0 Å². The van der Waals surface area contributed by atoms with Crippen LogP contribution in [0.25, 0.3) is 0 Å². The number of nitrogens with one attached hydrogen (secondary N) is 1. The fourth-order valence-electron chi connectivity index (χ4n) is 2.11. The van der Waals surface area contributed by atoms with Crippen molar-refractivity contribution < 1.29 is 9.53 Å². The van der Waals surface area contributed by atoms with Crippen molar-refractivity contribution in [3.63, 3.8) is 0 Å². The van der Waals surface area contributed by atoms with Crippen LogP contribution >= 0.6 is 0 Å². The monoisotopic (exact) mass is 199 g/mol. The molecule has 0 atom stereocenters. The Bertz CT molecular complexity index is 174. The first-order valence-corrected chi connectivity index (χ1v) is 5.59. The molecule has 0 bridgehead atoms. The highest BCUT2D eigenvalue weighted by atomic mass is 16.5. The Balaban J connectivity index is 2.18. The summed E-state index contributed by atoms with van der Waals surface area (Å²) in [4.78, 5) is 11.2. The molecule has 0 aliphatic heterocycles. The molecular formula is C11H21NO2. The Morgan fingerprint density at radius 1 is 1.36 bits per heavy atom. The van der Waals surface area contributed by atoms with Crippen molar-refractivity contribution in [2.24, 2.45) is 5.92 Å². The van der Waals surface area contributed by atoms with E-state index < -0.39 is 0 Å². The van der Waals surface area contributed by atoms with Crippen LogP contribution in [0.15, 0.2) is 0 Å². The second kappa shape index (κ2) is 6.02. The van der Waals surface area contributed by atoms with E-state index in [9.17, 15) is 4.79 Å². The minimum Gasteiger partial charge on any atom is -0.466 e. The van der Waals surface area contributed by atoms with Crippen molar-refractivity contribution in [3.8, 4) is 0 Å². The van der Waals surface area contributed by atoms with Crippen LogP contribution in [0.1, 0.15) is 39.0 Å². The third-order valence-electron chi connectivity index (χ3n) is 3.02. The van der Waals surface area contributed by atoms with Crippen LogP contribution in [-0.2, 0) is 9.53 Å². The molecule has 3 nitrogen and oxygen atoms in total. The molecule has 1 saturated carbocycles. The molecule has 1 aliphatic rings. The summed E-state index contributed by atoms with van der Waals surface area (Å²) in [5, 5.41) is 3.29. The van der Waals surface area contributed by atoms with Crippen molar-refractivity contribution in [1.29, 1.82) is 0 Å². The number of hydrogen-bond acceptors (Lipinski definition) is 3. The summed E-state index contributed by atoms with van der Waals surface area (Å²) in [6, 6.07) is 0.661. The van der Waals surface area contributed by atoms with E-state index in [0.717, 1.165) is 12.8 Å². The van der Waals surface area contributed by atoms with Crippen LogP contribution in [-0.4, -0.2) is 25.7 Å². The molecule has 1 N–H and O–H groups in total. The van der Waals surface area contributed by atoms with Gasteiger partial charge in [0.2, 0.25) is 0 Å². The summed E-state index contributed by atoms with van der Waals surface area (Å²) in [5.74, 6) is 0.527. The predicted octanol–water partition coefficient (Wildman–Crippen LogP) is 1.72. The molecule has 0 heterocycles. The summed E-state index contributed by atoms with van der Waals surface area (Å²) in [7, 11) is 2.01.